The van der Waals surface area contributed by atoms with Crippen molar-refractivity contribution in [3.05, 3.63) is 29.6 Å². The average Bonchev–Trinajstić information content (AvgIpc) is 2.55. The van der Waals surface area contributed by atoms with Crippen molar-refractivity contribution >= 4 is 5.69 Å². The third-order valence-corrected chi connectivity index (χ3v) is 4.17. The van der Waals surface area contributed by atoms with Gasteiger partial charge in [0.25, 0.3) is 0 Å². The van der Waals surface area contributed by atoms with Gasteiger partial charge in [0.2, 0.25) is 0 Å². The number of anilines is 1. The van der Waals surface area contributed by atoms with Gasteiger partial charge in [-0.25, -0.2) is 0 Å². The van der Waals surface area contributed by atoms with Crippen LogP contribution in [0.15, 0.2) is 23.9 Å². The van der Waals surface area contributed by atoms with Crippen molar-refractivity contribution in [1.29, 1.82) is 0 Å². The molecule has 0 bridgehead atoms. The molecule has 1 heterocycles. The van der Waals surface area contributed by atoms with E-state index in [1.54, 1.807) is 19.8 Å². The second kappa shape index (κ2) is 8.79. The molecule has 22 heavy (non-hydrogen) atoms. The second-order valence-electron chi connectivity index (χ2n) is 5.84. The van der Waals surface area contributed by atoms with Crippen LogP contribution in [0, 0.1) is 0 Å². The number of hydrogen-bond donors (Lipinski definition) is 1. The Morgan fingerprint density at radius 1 is 1.32 bits per heavy atom. The first-order chi connectivity index (χ1) is 10.8. The molecule has 1 aromatic heterocycles. The lowest BCUT2D eigenvalue weighted by Gasteiger charge is -2.27. The summed E-state index contributed by atoms with van der Waals surface area (Å²) in [7, 11) is 3.36. The van der Waals surface area contributed by atoms with Gasteiger partial charge in [0, 0.05) is 19.3 Å². The molecule has 1 saturated carbocycles. The van der Waals surface area contributed by atoms with Crippen molar-refractivity contribution in [2.75, 3.05) is 19.5 Å². The van der Waals surface area contributed by atoms with Crippen molar-refractivity contribution < 1.29 is 9.47 Å². The van der Waals surface area contributed by atoms with Crippen molar-refractivity contribution in [2.24, 2.45) is 0 Å². The molecule has 1 fully saturated rings. The fourth-order valence-electron chi connectivity index (χ4n) is 2.98. The molecular formula is C18H28N2O2. The highest BCUT2D eigenvalue weighted by Gasteiger charge is 2.19. The van der Waals surface area contributed by atoms with Crippen LogP contribution >= 0.6 is 0 Å². The summed E-state index contributed by atoms with van der Waals surface area (Å²) >= 11 is 0. The van der Waals surface area contributed by atoms with E-state index in [0.717, 1.165) is 17.1 Å². The number of nitrogens with one attached hydrogen (secondary N) is 1. The Bertz CT molecular complexity index is 490. The van der Waals surface area contributed by atoms with Crippen LogP contribution < -0.4 is 10.1 Å². The maximum absolute atomic E-state index is 5.53. The molecule has 4 nitrogen and oxygen atoms in total. The molecule has 4 heteroatoms. The lowest BCUT2D eigenvalue weighted by molar-refractivity contribution is 0.178. The van der Waals surface area contributed by atoms with E-state index in [1.165, 1.54) is 38.5 Å². The molecule has 1 N–H and O–H groups in total. The minimum absolute atomic E-state index is 0.466. The van der Waals surface area contributed by atoms with E-state index in [-0.39, 0.29) is 0 Å². The summed E-state index contributed by atoms with van der Waals surface area (Å²) < 4.78 is 10.7. The molecule has 0 amide bonds. The number of rotatable bonds is 7. The number of methoxy groups -OCH3 is 2. The van der Waals surface area contributed by atoms with Crippen LogP contribution in [0.25, 0.3) is 0 Å². The molecule has 1 aliphatic carbocycles. The van der Waals surface area contributed by atoms with Gasteiger partial charge in [-0.3, -0.25) is 4.98 Å². The Morgan fingerprint density at radius 3 is 2.73 bits per heavy atom. The Labute approximate surface area is 133 Å². The van der Waals surface area contributed by atoms with Crippen LogP contribution in [0.2, 0.25) is 0 Å². The predicted molar refractivity (Wildman–Crippen MR) is 90.4 cm³/mol. The number of unbranched alkanes of at least 4 members (excludes halogenated alkanes) is 1. The number of pyridine rings is 1. The Morgan fingerprint density at radius 2 is 2.09 bits per heavy atom. The lowest BCUT2D eigenvalue weighted by Crippen LogP contribution is -2.23. The number of ether oxygens (including phenoxy) is 2. The summed E-state index contributed by atoms with van der Waals surface area (Å²) in [5, 5.41) is 3.63. The standard InChI is InChI=1S/C18H28N2O2/c1-4-5-6-14-7-9-15(10-8-14)20-16-11-12-19-17(13-21-2)18(16)22-3/h6,11-12,15H,4-5,7-10,13H2,1-3H3,(H,19,20). The number of allylic oxidation sites excluding steroid dienone is 2. The molecule has 122 valence electrons. The normalized spacial score (nSPS) is 18.1. The van der Waals surface area contributed by atoms with E-state index in [1.807, 2.05) is 12.3 Å². The highest BCUT2D eigenvalue weighted by molar-refractivity contribution is 5.58. The number of nitrogens with zero attached hydrogens (tertiary/aromatic N) is 1. The van der Waals surface area contributed by atoms with Gasteiger partial charge in [0.15, 0.2) is 5.75 Å². The molecule has 0 atom stereocenters. The van der Waals surface area contributed by atoms with Crippen molar-refractivity contribution in [2.45, 2.75) is 58.1 Å². The van der Waals surface area contributed by atoms with Crippen LogP contribution in [0.1, 0.15) is 51.1 Å². The molecule has 0 radical (unpaired) electrons. The van der Waals surface area contributed by atoms with E-state index in [4.69, 9.17) is 9.47 Å². The molecule has 2 rings (SSSR count). The van der Waals surface area contributed by atoms with Gasteiger partial charge < -0.3 is 14.8 Å². The number of aromatic nitrogens is 1. The van der Waals surface area contributed by atoms with Crippen molar-refractivity contribution in [1.82, 2.24) is 4.98 Å². The van der Waals surface area contributed by atoms with Gasteiger partial charge in [0.05, 0.1) is 19.4 Å². The molecule has 0 spiro atoms. The summed E-state index contributed by atoms with van der Waals surface area (Å²) in [5.41, 5.74) is 3.49. The lowest BCUT2D eigenvalue weighted by atomic mass is 9.90. The van der Waals surface area contributed by atoms with Crippen molar-refractivity contribution in [3.8, 4) is 5.75 Å². The SMILES string of the molecule is CCCC=C1CCC(Nc2ccnc(COC)c2OC)CC1. The largest absolute Gasteiger partial charge is 0.493 e. The van der Waals surface area contributed by atoms with E-state index < -0.39 is 0 Å². The highest BCUT2D eigenvalue weighted by Crippen LogP contribution is 2.32. The fourth-order valence-corrected chi connectivity index (χ4v) is 2.98. The minimum Gasteiger partial charge on any atom is -0.493 e. The van der Waals surface area contributed by atoms with Crippen LogP contribution in [0.5, 0.6) is 5.75 Å². The van der Waals surface area contributed by atoms with Gasteiger partial charge in [0.1, 0.15) is 5.69 Å². The molecule has 0 aromatic carbocycles. The topological polar surface area (TPSA) is 43.4 Å². The second-order valence-corrected chi connectivity index (χ2v) is 5.84. The van der Waals surface area contributed by atoms with Gasteiger partial charge in [-0.05, 0) is 38.2 Å². The monoisotopic (exact) mass is 304 g/mol. The van der Waals surface area contributed by atoms with Gasteiger partial charge in [-0.15, -0.1) is 0 Å². The first-order valence-electron chi connectivity index (χ1n) is 8.23. The zero-order chi connectivity index (χ0) is 15.8. The zero-order valence-corrected chi connectivity index (χ0v) is 14.0. The Hall–Kier alpha value is -1.55. The molecule has 1 aromatic rings. The summed E-state index contributed by atoms with van der Waals surface area (Å²) in [6.07, 6.45) is 11.5. The first kappa shape index (κ1) is 16.8. The quantitative estimate of drug-likeness (QED) is 0.762. The van der Waals surface area contributed by atoms with E-state index in [9.17, 15) is 0 Å². The molecular weight excluding hydrogens is 276 g/mol. The van der Waals surface area contributed by atoms with Crippen LogP contribution in [0.4, 0.5) is 5.69 Å². The third-order valence-electron chi connectivity index (χ3n) is 4.17. The predicted octanol–water partition coefficient (Wildman–Crippen LogP) is 4.32. The summed E-state index contributed by atoms with van der Waals surface area (Å²) in [6.45, 7) is 2.70. The first-order valence-corrected chi connectivity index (χ1v) is 8.23. The Kier molecular flexibility index (Phi) is 6.72. The zero-order valence-electron chi connectivity index (χ0n) is 14.0. The summed E-state index contributed by atoms with van der Waals surface area (Å²) in [6, 6.07) is 2.49. The summed E-state index contributed by atoms with van der Waals surface area (Å²) in [4.78, 5) is 4.34. The molecule has 0 unspecified atom stereocenters. The van der Waals surface area contributed by atoms with Crippen LogP contribution in [0.3, 0.4) is 0 Å². The van der Waals surface area contributed by atoms with E-state index in [2.05, 4.69) is 23.3 Å². The minimum atomic E-state index is 0.466. The van der Waals surface area contributed by atoms with Gasteiger partial charge >= 0.3 is 0 Å². The van der Waals surface area contributed by atoms with E-state index >= 15 is 0 Å². The van der Waals surface area contributed by atoms with Gasteiger partial charge in [-0.1, -0.05) is 25.0 Å². The highest BCUT2D eigenvalue weighted by atomic mass is 16.5. The van der Waals surface area contributed by atoms with E-state index in [0.29, 0.717) is 12.6 Å². The van der Waals surface area contributed by atoms with Crippen LogP contribution in [-0.2, 0) is 11.3 Å². The molecule has 0 aliphatic heterocycles. The maximum Gasteiger partial charge on any atom is 0.165 e. The van der Waals surface area contributed by atoms with Crippen LogP contribution in [-0.4, -0.2) is 25.2 Å². The van der Waals surface area contributed by atoms with Gasteiger partial charge in [-0.2, -0.15) is 0 Å². The third kappa shape index (κ3) is 4.47. The number of hydrogen-bond acceptors (Lipinski definition) is 4. The fraction of sp³-hybridized carbons (Fsp3) is 0.611. The Balaban J connectivity index is 1.98. The molecule has 1 aliphatic rings. The van der Waals surface area contributed by atoms with Crippen molar-refractivity contribution in [3.63, 3.8) is 0 Å². The smallest absolute Gasteiger partial charge is 0.165 e. The average molecular weight is 304 g/mol. The maximum atomic E-state index is 5.53. The molecule has 0 saturated heterocycles. The summed E-state index contributed by atoms with van der Waals surface area (Å²) in [5.74, 6) is 0.802.